The molecule has 1 aromatic carbocycles. The van der Waals surface area contributed by atoms with Gasteiger partial charge in [0.1, 0.15) is 5.82 Å². The highest BCUT2D eigenvalue weighted by Gasteiger charge is 2.27. The molecule has 1 unspecified atom stereocenters. The molecular weight excluding hydrogens is 237 g/mol. The molecule has 1 nitrogen and oxygen atoms in total. The number of hydrogen-bond acceptors (Lipinski definition) is 1. The van der Waals surface area contributed by atoms with E-state index in [1.807, 2.05) is 7.05 Å². The second-order valence-electron chi connectivity index (χ2n) is 5.12. The molecule has 17 heavy (non-hydrogen) atoms. The van der Waals surface area contributed by atoms with E-state index in [-0.39, 0.29) is 17.3 Å². The van der Waals surface area contributed by atoms with Crippen LogP contribution in [0, 0.1) is 11.2 Å². The summed E-state index contributed by atoms with van der Waals surface area (Å²) < 4.78 is 13.2. The first kappa shape index (κ1) is 14.5. The van der Waals surface area contributed by atoms with Gasteiger partial charge in [0, 0.05) is 11.1 Å². The second-order valence-corrected chi connectivity index (χ2v) is 5.53. The van der Waals surface area contributed by atoms with Crippen molar-refractivity contribution >= 4 is 11.6 Å². The molecule has 0 amide bonds. The molecule has 0 fully saturated rings. The van der Waals surface area contributed by atoms with Crippen molar-refractivity contribution in [2.45, 2.75) is 39.7 Å². The minimum absolute atomic E-state index is 0.157. The van der Waals surface area contributed by atoms with Crippen LogP contribution in [-0.4, -0.2) is 13.1 Å². The van der Waals surface area contributed by atoms with E-state index >= 15 is 0 Å². The van der Waals surface area contributed by atoms with E-state index in [4.69, 9.17) is 11.6 Å². The van der Waals surface area contributed by atoms with Gasteiger partial charge in [-0.1, -0.05) is 32.4 Å². The van der Waals surface area contributed by atoms with Crippen LogP contribution in [0.3, 0.4) is 0 Å². The Labute approximate surface area is 108 Å². The Morgan fingerprint density at radius 2 is 2.06 bits per heavy atom. The van der Waals surface area contributed by atoms with Crippen LogP contribution in [0.1, 0.15) is 32.8 Å². The summed E-state index contributed by atoms with van der Waals surface area (Å²) in [6, 6.07) is 4.83. The Hall–Kier alpha value is -0.600. The van der Waals surface area contributed by atoms with E-state index in [1.54, 1.807) is 6.07 Å². The third-order valence-electron chi connectivity index (χ3n) is 3.63. The van der Waals surface area contributed by atoms with Crippen molar-refractivity contribution in [3.63, 3.8) is 0 Å². The zero-order valence-electron chi connectivity index (χ0n) is 11.0. The Balaban J connectivity index is 2.91. The third kappa shape index (κ3) is 3.68. The molecule has 0 aliphatic carbocycles. The van der Waals surface area contributed by atoms with Gasteiger partial charge in [0.15, 0.2) is 0 Å². The van der Waals surface area contributed by atoms with Gasteiger partial charge in [0.05, 0.1) is 0 Å². The molecule has 1 atom stereocenters. The lowest BCUT2D eigenvalue weighted by molar-refractivity contribution is 0.240. The van der Waals surface area contributed by atoms with Crippen LogP contribution in [0.25, 0.3) is 0 Å². The Kier molecular flexibility index (Phi) is 4.96. The molecule has 96 valence electrons. The highest BCUT2D eigenvalue weighted by Crippen LogP contribution is 2.29. The van der Waals surface area contributed by atoms with Gasteiger partial charge < -0.3 is 5.32 Å². The monoisotopic (exact) mass is 257 g/mol. The van der Waals surface area contributed by atoms with Crippen molar-refractivity contribution in [2.75, 3.05) is 7.05 Å². The van der Waals surface area contributed by atoms with Gasteiger partial charge in [-0.2, -0.15) is 0 Å². The van der Waals surface area contributed by atoms with Crippen LogP contribution in [0.2, 0.25) is 5.02 Å². The van der Waals surface area contributed by atoms with E-state index in [9.17, 15) is 4.39 Å². The number of benzene rings is 1. The first-order valence-corrected chi connectivity index (χ1v) is 6.39. The number of likely N-dealkylation sites (N-methyl/N-ethyl adjacent to an activating group) is 1. The van der Waals surface area contributed by atoms with Crippen molar-refractivity contribution in [3.05, 3.63) is 34.6 Å². The van der Waals surface area contributed by atoms with Crippen molar-refractivity contribution < 1.29 is 4.39 Å². The Morgan fingerprint density at radius 1 is 1.41 bits per heavy atom. The van der Waals surface area contributed by atoms with Gasteiger partial charge in [0.2, 0.25) is 0 Å². The summed E-state index contributed by atoms with van der Waals surface area (Å²) in [4.78, 5) is 0. The Bertz CT molecular complexity index is 376. The number of halogens is 2. The smallest absolute Gasteiger partial charge is 0.123 e. The van der Waals surface area contributed by atoms with Gasteiger partial charge in [-0.3, -0.25) is 0 Å². The maximum Gasteiger partial charge on any atom is 0.123 e. The van der Waals surface area contributed by atoms with E-state index in [0.717, 1.165) is 18.4 Å². The van der Waals surface area contributed by atoms with Gasteiger partial charge in [0.25, 0.3) is 0 Å². The van der Waals surface area contributed by atoms with Crippen molar-refractivity contribution in [3.8, 4) is 0 Å². The molecular formula is C14H21ClFN. The molecule has 1 N–H and O–H groups in total. The normalized spacial score (nSPS) is 13.8. The lowest BCUT2D eigenvalue weighted by Crippen LogP contribution is -2.41. The molecule has 0 saturated heterocycles. The molecule has 0 aliphatic rings. The molecule has 0 bridgehead atoms. The fourth-order valence-electron chi connectivity index (χ4n) is 1.94. The van der Waals surface area contributed by atoms with E-state index in [1.165, 1.54) is 12.1 Å². The summed E-state index contributed by atoms with van der Waals surface area (Å²) in [5.41, 5.74) is 1.03. The van der Waals surface area contributed by atoms with Crippen LogP contribution in [0.15, 0.2) is 18.2 Å². The van der Waals surface area contributed by atoms with Crippen LogP contribution in [0.4, 0.5) is 4.39 Å². The van der Waals surface area contributed by atoms with Crippen LogP contribution >= 0.6 is 11.6 Å². The number of rotatable bonds is 5. The summed E-state index contributed by atoms with van der Waals surface area (Å²) >= 11 is 6.10. The lowest BCUT2D eigenvalue weighted by atomic mass is 9.79. The predicted octanol–water partition coefficient (Wildman–Crippen LogP) is 4.05. The fourth-order valence-corrected chi connectivity index (χ4v) is 2.13. The molecule has 1 aromatic rings. The molecule has 0 aliphatic heterocycles. The highest BCUT2D eigenvalue weighted by atomic mass is 35.5. The molecule has 0 aromatic heterocycles. The van der Waals surface area contributed by atoms with E-state index < -0.39 is 0 Å². The first-order valence-electron chi connectivity index (χ1n) is 6.02. The maximum atomic E-state index is 13.2. The zero-order chi connectivity index (χ0) is 13.1. The SMILES string of the molecule is CCC(C)(C)C(Cc1cc(F)ccc1Cl)NC. The van der Waals surface area contributed by atoms with Gasteiger partial charge in [-0.05, 0) is 49.1 Å². The number of hydrogen-bond donors (Lipinski definition) is 1. The van der Waals surface area contributed by atoms with Crippen molar-refractivity contribution in [1.29, 1.82) is 0 Å². The first-order chi connectivity index (χ1) is 7.90. The maximum absolute atomic E-state index is 13.2. The topological polar surface area (TPSA) is 12.0 Å². The van der Waals surface area contributed by atoms with Gasteiger partial charge in [-0.25, -0.2) is 4.39 Å². The zero-order valence-corrected chi connectivity index (χ0v) is 11.7. The Morgan fingerprint density at radius 3 is 2.59 bits per heavy atom. The van der Waals surface area contributed by atoms with Crippen LogP contribution in [-0.2, 0) is 6.42 Å². The standard InChI is InChI=1S/C14H21ClFN/c1-5-14(2,3)13(17-4)9-10-8-11(16)6-7-12(10)15/h6-8,13,17H,5,9H2,1-4H3. The average molecular weight is 258 g/mol. The molecule has 0 saturated carbocycles. The summed E-state index contributed by atoms with van der Waals surface area (Å²) in [5, 5.41) is 3.94. The van der Waals surface area contributed by atoms with Crippen LogP contribution in [0.5, 0.6) is 0 Å². The summed E-state index contributed by atoms with van der Waals surface area (Å²) in [5.74, 6) is -0.228. The summed E-state index contributed by atoms with van der Waals surface area (Å²) in [6.45, 7) is 6.58. The average Bonchev–Trinajstić information content (AvgIpc) is 2.30. The number of nitrogens with one attached hydrogen (secondary N) is 1. The minimum Gasteiger partial charge on any atom is -0.316 e. The molecule has 3 heteroatoms. The summed E-state index contributed by atoms with van der Waals surface area (Å²) in [6.07, 6.45) is 1.80. The van der Waals surface area contributed by atoms with Gasteiger partial charge in [-0.15, -0.1) is 0 Å². The molecule has 0 radical (unpaired) electrons. The highest BCUT2D eigenvalue weighted by molar-refractivity contribution is 6.31. The predicted molar refractivity (Wildman–Crippen MR) is 72.0 cm³/mol. The third-order valence-corrected chi connectivity index (χ3v) is 4.00. The van der Waals surface area contributed by atoms with Crippen LogP contribution < -0.4 is 5.32 Å². The van der Waals surface area contributed by atoms with Crippen molar-refractivity contribution in [1.82, 2.24) is 5.32 Å². The largest absolute Gasteiger partial charge is 0.316 e. The van der Waals surface area contributed by atoms with E-state index in [2.05, 4.69) is 26.1 Å². The summed E-state index contributed by atoms with van der Waals surface area (Å²) in [7, 11) is 1.94. The second kappa shape index (κ2) is 5.83. The minimum atomic E-state index is -0.228. The fraction of sp³-hybridized carbons (Fsp3) is 0.571. The quantitative estimate of drug-likeness (QED) is 0.839. The van der Waals surface area contributed by atoms with Crippen molar-refractivity contribution in [2.24, 2.45) is 5.41 Å². The van der Waals surface area contributed by atoms with Gasteiger partial charge >= 0.3 is 0 Å². The van der Waals surface area contributed by atoms with E-state index in [0.29, 0.717) is 5.02 Å². The molecule has 0 heterocycles. The molecule has 1 rings (SSSR count). The molecule has 0 spiro atoms. The lowest BCUT2D eigenvalue weighted by Gasteiger charge is -2.33.